The molecule has 124 valence electrons. The third-order valence-electron chi connectivity index (χ3n) is 3.23. The summed E-state index contributed by atoms with van der Waals surface area (Å²) in [6.45, 7) is 2.15. The summed E-state index contributed by atoms with van der Waals surface area (Å²) in [4.78, 5) is 10.3. The Morgan fingerprint density at radius 3 is 1.77 bits per heavy atom. The van der Waals surface area contributed by atoms with Crippen LogP contribution in [0.15, 0.2) is 48.6 Å². The van der Waals surface area contributed by atoms with Crippen molar-refractivity contribution in [1.29, 1.82) is 0 Å². The third-order valence-corrected chi connectivity index (χ3v) is 3.23. The Balaban J connectivity index is 3.34. The summed E-state index contributed by atoms with van der Waals surface area (Å²) in [5.74, 6) is -0.682. The molecule has 2 nitrogen and oxygen atoms in total. The Morgan fingerprint density at radius 2 is 1.23 bits per heavy atom. The fraction of sp³-hybridized carbons (Fsp3) is 0.550. The fourth-order valence-electron chi connectivity index (χ4n) is 1.99. The number of allylic oxidation sites excluding steroid dienone is 8. The second-order valence-electron chi connectivity index (χ2n) is 5.35. The van der Waals surface area contributed by atoms with Gasteiger partial charge in [0.15, 0.2) is 0 Å². The molecule has 0 aliphatic heterocycles. The first kappa shape index (κ1) is 20.4. The van der Waals surface area contributed by atoms with Crippen LogP contribution < -0.4 is 0 Å². The van der Waals surface area contributed by atoms with Gasteiger partial charge in [0.2, 0.25) is 0 Å². The highest BCUT2D eigenvalue weighted by Crippen LogP contribution is 2.06. The van der Waals surface area contributed by atoms with Crippen molar-refractivity contribution in [3.8, 4) is 0 Å². The molecule has 0 aromatic heterocycles. The molecule has 0 saturated heterocycles. The van der Waals surface area contributed by atoms with Crippen LogP contribution in [0, 0.1) is 0 Å². The third kappa shape index (κ3) is 18.4. The molecule has 0 aliphatic carbocycles. The molecule has 2 heteroatoms. The summed E-state index contributed by atoms with van der Waals surface area (Å²) in [6.07, 6.45) is 27.4. The molecule has 0 aromatic carbocycles. The Morgan fingerprint density at radius 1 is 0.727 bits per heavy atom. The number of carboxylic acid groups (broad SMARTS) is 1. The Kier molecular flexibility index (Phi) is 16.2. The van der Waals surface area contributed by atoms with Crippen molar-refractivity contribution in [2.24, 2.45) is 0 Å². The van der Waals surface area contributed by atoms with Crippen LogP contribution in [0.3, 0.4) is 0 Å². The van der Waals surface area contributed by atoms with E-state index < -0.39 is 5.97 Å². The van der Waals surface area contributed by atoms with Crippen molar-refractivity contribution in [1.82, 2.24) is 0 Å². The summed E-state index contributed by atoms with van der Waals surface area (Å²) in [5, 5.41) is 8.51. The van der Waals surface area contributed by atoms with Crippen LogP contribution in [0.4, 0.5) is 0 Å². The lowest BCUT2D eigenvalue weighted by molar-refractivity contribution is -0.137. The Hall–Kier alpha value is -1.57. The summed E-state index contributed by atoms with van der Waals surface area (Å²) in [7, 11) is 0. The van der Waals surface area contributed by atoms with E-state index in [1.807, 2.05) is 0 Å². The molecule has 0 atom stereocenters. The second-order valence-corrected chi connectivity index (χ2v) is 5.35. The number of aliphatic carboxylic acids is 1. The molecule has 1 N–H and O–H groups in total. The molecule has 0 aliphatic rings. The van der Waals surface area contributed by atoms with Crippen molar-refractivity contribution in [2.45, 2.75) is 71.1 Å². The number of carbonyl (C=O) groups is 1. The minimum Gasteiger partial charge on any atom is -0.481 e. The second kappa shape index (κ2) is 17.5. The molecule has 0 amide bonds. The van der Waals surface area contributed by atoms with Crippen molar-refractivity contribution in [2.75, 3.05) is 0 Å². The summed E-state index contributed by atoms with van der Waals surface area (Å²) in [6, 6.07) is 0. The van der Waals surface area contributed by atoms with Gasteiger partial charge in [0.05, 0.1) is 0 Å². The summed E-state index contributed by atoms with van der Waals surface area (Å²) >= 11 is 0. The van der Waals surface area contributed by atoms with E-state index in [4.69, 9.17) is 5.11 Å². The summed E-state index contributed by atoms with van der Waals surface area (Å²) in [5.41, 5.74) is 0. The average molecular weight is 304 g/mol. The molecule has 0 bridgehead atoms. The zero-order chi connectivity index (χ0) is 16.3. The van der Waals surface area contributed by atoms with Crippen LogP contribution in [0.5, 0.6) is 0 Å². The van der Waals surface area contributed by atoms with Crippen LogP contribution in [0.1, 0.15) is 71.1 Å². The average Bonchev–Trinajstić information content (AvgIpc) is 2.50. The number of rotatable bonds is 14. The molecular formula is C20H32O2. The number of hydrogen-bond acceptors (Lipinski definition) is 1. The highest BCUT2D eigenvalue weighted by molar-refractivity contribution is 5.66. The first-order chi connectivity index (χ1) is 10.8. The predicted molar refractivity (Wildman–Crippen MR) is 96.0 cm³/mol. The molecule has 0 heterocycles. The van der Waals surface area contributed by atoms with Crippen molar-refractivity contribution in [3.05, 3.63) is 48.6 Å². The van der Waals surface area contributed by atoms with Gasteiger partial charge in [0, 0.05) is 6.42 Å². The van der Waals surface area contributed by atoms with Crippen LogP contribution in [0.25, 0.3) is 0 Å². The highest BCUT2D eigenvalue weighted by atomic mass is 16.4. The smallest absolute Gasteiger partial charge is 0.303 e. The zero-order valence-corrected chi connectivity index (χ0v) is 14.0. The lowest BCUT2D eigenvalue weighted by Crippen LogP contribution is -1.93. The Labute approximate surface area is 136 Å². The molecule has 0 aromatic rings. The van der Waals surface area contributed by atoms with Gasteiger partial charge < -0.3 is 5.11 Å². The molecule has 0 saturated carbocycles. The van der Waals surface area contributed by atoms with E-state index in [0.717, 1.165) is 57.8 Å². The predicted octanol–water partition coefficient (Wildman–Crippen LogP) is 6.22. The van der Waals surface area contributed by atoms with E-state index in [1.165, 1.54) is 0 Å². The molecule has 0 radical (unpaired) electrons. The van der Waals surface area contributed by atoms with Crippen LogP contribution in [-0.4, -0.2) is 11.1 Å². The van der Waals surface area contributed by atoms with E-state index >= 15 is 0 Å². The van der Waals surface area contributed by atoms with Gasteiger partial charge in [-0.05, 0) is 44.9 Å². The van der Waals surface area contributed by atoms with Crippen LogP contribution in [0.2, 0.25) is 0 Å². The first-order valence-corrected chi connectivity index (χ1v) is 8.59. The van der Waals surface area contributed by atoms with Gasteiger partial charge in [-0.1, -0.05) is 68.4 Å². The van der Waals surface area contributed by atoms with Gasteiger partial charge in [0.25, 0.3) is 0 Å². The maximum atomic E-state index is 10.3. The standard InChI is InChI=1S/C20H32O2/c1-2-3-4-5-6-7-8-9-10-11-12-13-14-15-16-17-18-19-20(21)22/h3-4,6-7,9-10,12-13H,2,5,8,11,14-19H2,1H3,(H,21,22)/b4-3+,7-6+,10-9-,13-12+. The van der Waals surface area contributed by atoms with Crippen LogP contribution in [-0.2, 0) is 4.79 Å². The minimum atomic E-state index is -0.682. The van der Waals surface area contributed by atoms with Gasteiger partial charge in [-0.3, -0.25) is 4.79 Å². The fourth-order valence-corrected chi connectivity index (χ4v) is 1.99. The van der Waals surface area contributed by atoms with E-state index in [1.54, 1.807) is 0 Å². The van der Waals surface area contributed by atoms with E-state index in [-0.39, 0.29) is 0 Å². The molecule has 22 heavy (non-hydrogen) atoms. The van der Waals surface area contributed by atoms with E-state index in [9.17, 15) is 4.79 Å². The topological polar surface area (TPSA) is 37.3 Å². The monoisotopic (exact) mass is 304 g/mol. The molecule has 0 unspecified atom stereocenters. The van der Waals surface area contributed by atoms with Crippen LogP contribution >= 0.6 is 0 Å². The van der Waals surface area contributed by atoms with E-state index in [0.29, 0.717) is 6.42 Å². The van der Waals surface area contributed by atoms with Crippen molar-refractivity contribution in [3.63, 3.8) is 0 Å². The SMILES string of the molecule is CC/C=C/C/C=C/C/C=C\C/C=C/CCCCCCC(=O)O. The zero-order valence-electron chi connectivity index (χ0n) is 14.0. The maximum absolute atomic E-state index is 10.3. The van der Waals surface area contributed by atoms with Gasteiger partial charge in [-0.15, -0.1) is 0 Å². The molecule has 0 fully saturated rings. The van der Waals surface area contributed by atoms with Gasteiger partial charge >= 0.3 is 5.97 Å². The number of carboxylic acids is 1. The largest absolute Gasteiger partial charge is 0.481 e. The normalized spacial score (nSPS) is 12.4. The quantitative estimate of drug-likeness (QED) is 0.305. The highest BCUT2D eigenvalue weighted by Gasteiger charge is 1.95. The molecular weight excluding hydrogens is 272 g/mol. The van der Waals surface area contributed by atoms with Crippen molar-refractivity contribution >= 4 is 5.97 Å². The molecule has 0 rings (SSSR count). The minimum absolute atomic E-state index is 0.309. The maximum Gasteiger partial charge on any atom is 0.303 e. The lowest BCUT2D eigenvalue weighted by atomic mass is 10.1. The van der Waals surface area contributed by atoms with Gasteiger partial charge in [0.1, 0.15) is 0 Å². The Bertz CT molecular complexity index is 362. The first-order valence-electron chi connectivity index (χ1n) is 8.59. The summed E-state index contributed by atoms with van der Waals surface area (Å²) < 4.78 is 0. The van der Waals surface area contributed by atoms with Gasteiger partial charge in [-0.2, -0.15) is 0 Å². The lowest BCUT2D eigenvalue weighted by Gasteiger charge is -1.96. The van der Waals surface area contributed by atoms with Gasteiger partial charge in [-0.25, -0.2) is 0 Å². The van der Waals surface area contributed by atoms with Crippen molar-refractivity contribution < 1.29 is 9.90 Å². The number of unbranched alkanes of at least 4 members (excludes halogenated alkanes) is 4. The van der Waals surface area contributed by atoms with E-state index in [2.05, 4.69) is 55.5 Å². The number of hydrogen-bond donors (Lipinski definition) is 1. The molecule has 0 spiro atoms.